The number of ether oxygens (including phenoxy) is 1. The molecule has 25 heavy (non-hydrogen) atoms. The first-order valence-electron chi connectivity index (χ1n) is 6.98. The highest BCUT2D eigenvalue weighted by molar-refractivity contribution is 6.06. The maximum Gasteiger partial charge on any atom is 0.573 e. The number of nitrogens with one attached hydrogen (secondary N) is 1. The van der Waals surface area contributed by atoms with E-state index < -0.39 is 23.6 Å². The van der Waals surface area contributed by atoms with Gasteiger partial charge in [-0.25, -0.2) is 4.98 Å². The van der Waals surface area contributed by atoms with Gasteiger partial charge in [-0.1, -0.05) is 18.2 Å². The number of aromatic nitrogens is 2. The lowest BCUT2D eigenvalue weighted by molar-refractivity contribution is -0.274. The van der Waals surface area contributed by atoms with Gasteiger partial charge in [-0.2, -0.15) is 0 Å². The standard InChI is InChI=1S/C16H10F3N3O3/c17-16(18,19)25-12-6-2-1-5-10(12)14(23)21-11-9-20-13-7-3-4-8-22(13)15(11)24/h1-9H,(H,21,23). The number of pyridine rings is 1. The minimum atomic E-state index is -4.94. The summed E-state index contributed by atoms with van der Waals surface area (Å²) < 4.78 is 42.3. The monoisotopic (exact) mass is 349 g/mol. The number of benzene rings is 1. The molecule has 0 unspecified atom stereocenters. The second kappa shape index (κ2) is 6.27. The average Bonchev–Trinajstić information content (AvgIpc) is 2.56. The van der Waals surface area contributed by atoms with Crippen LogP contribution in [0.5, 0.6) is 5.75 Å². The van der Waals surface area contributed by atoms with E-state index in [1.54, 1.807) is 18.2 Å². The molecule has 0 radical (unpaired) electrons. The molecule has 2 aromatic heterocycles. The maximum absolute atomic E-state index is 12.4. The van der Waals surface area contributed by atoms with Crippen LogP contribution >= 0.6 is 0 Å². The Balaban J connectivity index is 1.94. The van der Waals surface area contributed by atoms with E-state index in [9.17, 15) is 22.8 Å². The summed E-state index contributed by atoms with van der Waals surface area (Å²) >= 11 is 0. The Morgan fingerprint density at radius 2 is 1.84 bits per heavy atom. The fraction of sp³-hybridized carbons (Fsp3) is 0.0625. The molecule has 0 aliphatic heterocycles. The van der Waals surface area contributed by atoms with Gasteiger partial charge in [-0.3, -0.25) is 14.0 Å². The van der Waals surface area contributed by atoms with Crippen molar-refractivity contribution in [3.05, 3.63) is 70.8 Å². The summed E-state index contributed by atoms with van der Waals surface area (Å²) in [5, 5.41) is 2.26. The van der Waals surface area contributed by atoms with Gasteiger partial charge in [-0.05, 0) is 24.3 Å². The highest BCUT2D eigenvalue weighted by Gasteiger charge is 2.32. The normalized spacial score (nSPS) is 11.3. The number of hydrogen-bond acceptors (Lipinski definition) is 4. The molecule has 1 N–H and O–H groups in total. The van der Waals surface area contributed by atoms with Crippen LogP contribution in [0.1, 0.15) is 10.4 Å². The number of hydrogen-bond donors (Lipinski definition) is 1. The molecule has 2 heterocycles. The summed E-state index contributed by atoms with van der Waals surface area (Å²) in [6.45, 7) is 0. The van der Waals surface area contributed by atoms with Gasteiger partial charge >= 0.3 is 6.36 Å². The van der Waals surface area contributed by atoms with Crippen molar-refractivity contribution in [2.45, 2.75) is 6.36 Å². The minimum Gasteiger partial charge on any atom is -0.405 e. The predicted molar refractivity (Wildman–Crippen MR) is 82.5 cm³/mol. The number of fused-ring (bicyclic) bond motifs is 1. The van der Waals surface area contributed by atoms with Gasteiger partial charge in [0.05, 0.1) is 11.8 Å². The second-order valence-electron chi connectivity index (χ2n) is 4.90. The van der Waals surface area contributed by atoms with Crippen molar-refractivity contribution in [2.75, 3.05) is 5.32 Å². The largest absolute Gasteiger partial charge is 0.573 e. The average molecular weight is 349 g/mol. The van der Waals surface area contributed by atoms with Crippen LogP contribution in [0.15, 0.2) is 59.7 Å². The lowest BCUT2D eigenvalue weighted by Gasteiger charge is -2.13. The molecule has 9 heteroatoms. The summed E-state index contributed by atoms with van der Waals surface area (Å²) in [6.07, 6.45) is -2.34. The first-order chi connectivity index (χ1) is 11.8. The van der Waals surface area contributed by atoms with E-state index in [0.29, 0.717) is 5.65 Å². The molecule has 128 valence electrons. The predicted octanol–water partition coefficient (Wildman–Crippen LogP) is 2.85. The van der Waals surface area contributed by atoms with Crippen molar-refractivity contribution in [2.24, 2.45) is 0 Å². The molecule has 0 atom stereocenters. The van der Waals surface area contributed by atoms with Crippen molar-refractivity contribution in [1.29, 1.82) is 0 Å². The highest BCUT2D eigenvalue weighted by Crippen LogP contribution is 2.26. The van der Waals surface area contributed by atoms with Gasteiger partial charge in [-0.15, -0.1) is 13.2 Å². The summed E-state index contributed by atoms with van der Waals surface area (Å²) in [6, 6.07) is 9.72. The number of para-hydroxylation sites is 1. The molecule has 1 aromatic carbocycles. The zero-order valence-electron chi connectivity index (χ0n) is 12.4. The number of anilines is 1. The summed E-state index contributed by atoms with van der Waals surface area (Å²) in [7, 11) is 0. The van der Waals surface area contributed by atoms with Crippen molar-refractivity contribution in [1.82, 2.24) is 9.38 Å². The van der Waals surface area contributed by atoms with E-state index in [0.717, 1.165) is 18.3 Å². The fourth-order valence-corrected chi connectivity index (χ4v) is 2.17. The van der Waals surface area contributed by atoms with Gasteiger partial charge in [0.25, 0.3) is 11.5 Å². The number of nitrogens with zero attached hydrogens (tertiary/aromatic N) is 2. The van der Waals surface area contributed by atoms with Crippen molar-refractivity contribution < 1.29 is 22.7 Å². The molecule has 0 fully saturated rings. The summed E-state index contributed by atoms with van der Waals surface area (Å²) in [4.78, 5) is 28.6. The Kier molecular flexibility index (Phi) is 4.14. The molecule has 0 saturated heterocycles. The number of amides is 1. The van der Waals surface area contributed by atoms with Gasteiger partial charge in [0, 0.05) is 6.20 Å². The summed E-state index contributed by atoms with van der Waals surface area (Å²) in [5.74, 6) is -1.59. The highest BCUT2D eigenvalue weighted by atomic mass is 19.4. The first kappa shape index (κ1) is 16.5. The van der Waals surface area contributed by atoms with Crippen LogP contribution in [0.25, 0.3) is 5.65 Å². The molecule has 0 aliphatic rings. The van der Waals surface area contributed by atoms with E-state index in [1.807, 2.05) is 0 Å². The van der Waals surface area contributed by atoms with Crippen LogP contribution in [0.4, 0.5) is 18.9 Å². The number of alkyl halides is 3. The van der Waals surface area contributed by atoms with E-state index in [4.69, 9.17) is 0 Å². The van der Waals surface area contributed by atoms with Crippen LogP contribution in [0.2, 0.25) is 0 Å². The van der Waals surface area contributed by atoms with Gasteiger partial charge < -0.3 is 10.1 Å². The van der Waals surface area contributed by atoms with Crippen molar-refractivity contribution >= 4 is 17.2 Å². The quantitative estimate of drug-likeness (QED) is 0.789. The number of carbonyl (C=O) groups excluding carboxylic acids is 1. The van der Waals surface area contributed by atoms with Crippen LogP contribution in [0, 0.1) is 0 Å². The first-order valence-corrected chi connectivity index (χ1v) is 6.98. The van der Waals surface area contributed by atoms with Crippen LogP contribution in [-0.2, 0) is 0 Å². The molecule has 0 bridgehead atoms. The lowest BCUT2D eigenvalue weighted by Crippen LogP contribution is -2.24. The van der Waals surface area contributed by atoms with Crippen LogP contribution < -0.4 is 15.6 Å². The molecule has 0 aliphatic carbocycles. The number of rotatable bonds is 3. The smallest absolute Gasteiger partial charge is 0.405 e. The Hall–Kier alpha value is -3.36. The van der Waals surface area contributed by atoms with E-state index in [2.05, 4.69) is 15.0 Å². The van der Waals surface area contributed by atoms with E-state index >= 15 is 0 Å². The molecular formula is C16H10F3N3O3. The molecule has 0 spiro atoms. The van der Waals surface area contributed by atoms with E-state index in [-0.39, 0.29) is 11.3 Å². The molecule has 3 aromatic rings. The van der Waals surface area contributed by atoms with Gasteiger partial charge in [0.1, 0.15) is 17.1 Å². The Morgan fingerprint density at radius 1 is 1.12 bits per heavy atom. The Bertz CT molecular complexity index is 999. The Labute approximate surface area is 138 Å². The van der Waals surface area contributed by atoms with Gasteiger partial charge in [0.2, 0.25) is 0 Å². The third-order valence-electron chi connectivity index (χ3n) is 3.22. The SMILES string of the molecule is O=C(Nc1cnc2ccccn2c1=O)c1ccccc1OC(F)(F)F. The molecular weight excluding hydrogens is 339 g/mol. The zero-order chi connectivity index (χ0) is 18.0. The van der Waals surface area contributed by atoms with Crippen LogP contribution in [-0.4, -0.2) is 21.7 Å². The molecule has 6 nitrogen and oxygen atoms in total. The maximum atomic E-state index is 12.4. The number of halogens is 3. The van der Waals surface area contributed by atoms with E-state index in [1.165, 1.54) is 22.7 Å². The third-order valence-corrected chi connectivity index (χ3v) is 3.22. The van der Waals surface area contributed by atoms with Gasteiger partial charge in [0.15, 0.2) is 0 Å². The fourth-order valence-electron chi connectivity index (χ4n) is 2.17. The zero-order valence-corrected chi connectivity index (χ0v) is 12.4. The second-order valence-corrected chi connectivity index (χ2v) is 4.90. The lowest BCUT2D eigenvalue weighted by atomic mass is 10.2. The Morgan fingerprint density at radius 3 is 2.60 bits per heavy atom. The molecule has 3 rings (SSSR count). The minimum absolute atomic E-state index is 0.171. The molecule has 0 saturated carbocycles. The third kappa shape index (κ3) is 3.60. The van der Waals surface area contributed by atoms with Crippen molar-refractivity contribution in [3.8, 4) is 5.75 Å². The van der Waals surface area contributed by atoms with Crippen LogP contribution in [0.3, 0.4) is 0 Å². The summed E-state index contributed by atoms with van der Waals surface area (Å²) in [5.41, 5.74) is -0.729. The van der Waals surface area contributed by atoms with Crippen molar-refractivity contribution in [3.63, 3.8) is 0 Å². The number of carbonyl (C=O) groups is 1. The topological polar surface area (TPSA) is 72.7 Å². The molecule has 1 amide bonds.